The van der Waals surface area contributed by atoms with E-state index < -0.39 is 0 Å². The highest BCUT2D eigenvalue weighted by molar-refractivity contribution is 5.86. The van der Waals surface area contributed by atoms with Gasteiger partial charge in [0, 0.05) is 29.7 Å². The van der Waals surface area contributed by atoms with Crippen LogP contribution in [0.2, 0.25) is 0 Å². The fraction of sp³-hybridized carbons (Fsp3) is 0.300. The van der Waals surface area contributed by atoms with Crippen LogP contribution in [0.25, 0.3) is 22.0 Å². The highest BCUT2D eigenvalue weighted by Gasteiger charge is 2.21. The summed E-state index contributed by atoms with van der Waals surface area (Å²) in [5.74, 6) is 0.122. The Balaban J connectivity index is 1.78. The second-order valence-electron chi connectivity index (χ2n) is 6.34. The molecule has 3 aromatic rings. The second kappa shape index (κ2) is 5.73. The minimum atomic E-state index is -0.275. The van der Waals surface area contributed by atoms with Crippen molar-refractivity contribution >= 4 is 10.9 Å². The molecule has 2 aromatic carbocycles. The number of hydrogen-bond donors (Lipinski definition) is 0. The molecule has 0 amide bonds. The van der Waals surface area contributed by atoms with E-state index in [-0.39, 0.29) is 11.9 Å². The fourth-order valence-corrected chi connectivity index (χ4v) is 3.48. The Morgan fingerprint density at radius 3 is 2.74 bits per heavy atom. The lowest BCUT2D eigenvalue weighted by molar-refractivity contribution is 0.202. The molecule has 0 atom stereocenters. The lowest BCUT2D eigenvalue weighted by atomic mass is 10.0. The molecule has 1 aromatic heterocycles. The topological polar surface area (TPSA) is 14.2 Å². The van der Waals surface area contributed by atoms with Gasteiger partial charge in [0.05, 0.1) is 6.10 Å². The highest BCUT2D eigenvalue weighted by atomic mass is 19.1. The zero-order valence-corrected chi connectivity index (χ0v) is 13.3. The summed E-state index contributed by atoms with van der Waals surface area (Å²) in [5, 5.41) is 1.15. The van der Waals surface area contributed by atoms with E-state index >= 15 is 0 Å². The number of rotatable bonds is 3. The largest absolute Gasteiger partial charge is 0.487 e. The summed E-state index contributed by atoms with van der Waals surface area (Å²) in [6.45, 7) is 0. The quantitative estimate of drug-likeness (QED) is 0.640. The minimum absolute atomic E-state index is 0.145. The van der Waals surface area contributed by atoms with Gasteiger partial charge in [-0.1, -0.05) is 18.2 Å². The average Bonchev–Trinajstić information content (AvgIpc) is 3.19. The molecule has 118 valence electrons. The predicted molar refractivity (Wildman–Crippen MR) is 91.2 cm³/mol. The van der Waals surface area contributed by atoms with Gasteiger partial charge in [-0.3, -0.25) is 0 Å². The lowest BCUT2D eigenvalue weighted by Gasteiger charge is -2.17. The SMILES string of the molecule is Cn1ccc2cc(-c3cccc(F)c3OC3CCCC3)ccc21. The summed E-state index contributed by atoms with van der Waals surface area (Å²) in [5.41, 5.74) is 3.00. The molecule has 0 bridgehead atoms. The van der Waals surface area contributed by atoms with Crippen molar-refractivity contribution in [1.82, 2.24) is 4.57 Å². The van der Waals surface area contributed by atoms with Crippen molar-refractivity contribution in [2.24, 2.45) is 7.05 Å². The molecular formula is C20H20FNO. The van der Waals surface area contributed by atoms with Crippen LogP contribution in [0.3, 0.4) is 0 Å². The number of fused-ring (bicyclic) bond motifs is 1. The predicted octanol–water partition coefficient (Wildman–Crippen LogP) is 5.31. The minimum Gasteiger partial charge on any atom is -0.487 e. The van der Waals surface area contributed by atoms with Crippen molar-refractivity contribution < 1.29 is 9.13 Å². The van der Waals surface area contributed by atoms with Crippen molar-refractivity contribution in [3.05, 3.63) is 54.5 Å². The van der Waals surface area contributed by atoms with Gasteiger partial charge in [-0.15, -0.1) is 0 Å². The molecule has 0 spiro atoms. The Labute approximate surface area is 135 Å². The third-order valence-corrected chi connectivity index (χ3v) is 4.75. The summed E-state index contributed by atoms with van der Waals surface area (Å²) < 4.78 is 22.5. The van der Waals surface area contributed by atoms with Gasteiger partial charge in [0.25, 0.3) is 0 Å². The third kappa shape index (κ3) is 2.61. The van der Waals surface area contributed by atoms with Crippen LogP contribution in [0.15, 0.2) is 48.7 Å². The molecule has 4 rings (SSSR count). The van der Waals surface area contributed by atoms with Crippen LogP contribution in [0.4, 0.5) is 4.39 Å². The number of benzene rings is 2. The Bertz CT molecular complexity index is 846. The number of nitrogens with zero attached hydrogens (tertiary/aromatic N) is 1. The van der Waals surface area contributed by atoms with Crippen LogP contribution >= 0.6 is 0 Å². The molecule has 0 aliphatic heterocycles. The molecule has 2 nitrogen and oxygen atoms in total. The number of ether oxygens (including phenoxy) is 1. The third-order valence-electron chi connectivity index (χ3n) is 4.75. The summed E-state index contributed by atoms with van der Waals surface area (Å²) in [4.78, 5) is 0. The van der Waals surface area contributed by atoms with E-state index in [4.69, 9.17) is 4.74 Å². The highest BCUT2D eigenvalue weighted by Crippen LogP contribution is 2.36. The summed E-state index contributed by atoms with van der Waals surface area (Å²) in [6.07, 6.45) is 6.56. The lowest BCUT2D eigenvalue weighted by Crippen LogP contribution is -2.12. The maximum absolute atomic E-state index is 14.4. The molecule has 1 fully saturated rings. The van der Waals surface area contributed by atoms with Gasteiger partial charge in [0.15, 0.2) is 11.6 Å². The van der Waals surface area contributed by atoms with Crippen molar-refractivity contribution in [1.29, 1.82) is 0 Å². The molecular weight excluding hydrogens is 289 g/mol. The van der Waals surface area contributed by atoms with E-state index in [9.17, 15) is 4.39 Å². The first-order valence-electron chi connectivity index (χ1n) is 8.23. The van der Waals surface area contributed by atoms with E-state index in [2.05, 4.69) is 22.8 Å². The average molecular weight is 309 g/mol. The summed E-state index contributed by atoms with van der Waals surface area (Å²) >= 11 is 0. The number of para-hydroxylation sites is 1. The second-order valence-corrected chi connectivity index (χ2v) is 6.34. The molecule has 3 heteroatoms. The van der Waals surface area contributed by atoms with Gasteiger partial charge in [0.1, 0.15) is 0 Å². The molecule has 0 unspecified atom stereocenters. The maximum Gasteiger partial charge on any atom is 0.165 e. The van der Waals surface area contributed by atoms with E-state index in [1.54, 1.807) is 6.07 Å². The summed E-state index contributed by atoms with van der Waals surface area (Å²) in [6, 6.07) is 13.5. The number of aromatic nitrogens is 1. The molecule has 1 aliphatic rings. The smallest absolute Gasteiger partial charge is 0.165 e. The van der Waals surface area contributed by atoms with Gasteiger partial charge in [-0.05, 0) is 55.5 Å². The molecule has 1 aliphatic carbocycles. The maximum atomic E-state index is 14.4. The fourth-order valence-electron chi connectivity index (χ4n) is 3.48. The first kappa shape index (κ1) is 14.3. The first-order chi connectivity index (χ1) is 11.2. The van der Waals surface area contributed by atoms with Crippen molar-refractivity contribution in [3.63, 3.8) is 0 Å². The molecule has 1 heterocycles. The molecule has 1 saturated carbocycles. The van der Waals surface area contributed by atoms with Crippen LogP contribution in [0.1, 0.15) is 25.7 Å². The van der Waals surface area contributed by atoms with Crippen LogP contribution in [-0.2, 0) is 7.05 Å². The molecule has 0 radical (unpaired) electrons. The Hall–Kier alpha value is -2.29. The van der Waals surface area contributed by atoms with Gasteiger partial charge < -0.3 is 9.30 Å². The van der Waals surface area contributed by atoms with Gasteiger partial charge in [-0.25, -0.2) is 4.39 Å². The van der Waals surface area contributed by atoms with E-state index in [0.29, 0.717) is 5.75 Å². The summed E-state index contributed by atoms with van der Waals surface area (Å²) in [7, 11) is 2.03. The van der Waals surface area contributed by atoms with Gasteiger partial charge in [-0.2, -0.15) is 0 Å². The monoisotopic (exact) mass is 309 g/mol. The van der Waals surface area contributed by atoms with Crippen LogP contribution < -0.4 is 4.74 Å². The number of aryl methyl sites for hydroxylation is 1. The van der Waals surface area contributed by atoms with Crippen molar-refractivity contribution in [2.45, 2.75) is 31.8 Å². The zero-order valence-electron chi connectivity index (χ0n) is 13.3. The van der Waals surface area contributed by atoms with Gasteiger partial charge >= 0.3 is 0 Å². The molecule has 0 N–H and O–H groups in total. The first-order valence-corrected chi connectivity index (χ1v) is 8.23. The van der Waals surface area contributed by atoms with E-state index in [1.165, 1.54) is 24.4 Å². The number of halogens is 1. The van der Waals surface area contributed by atoms with Crippen LogP contribution in [0.5, 0.6) is 5.75 Å². The Morgan fingerprint density at radius 1 is 1.09 bits per heavy atom. The van der Waals surface area contributed by atoms with Crippen LogP contribution in [-0.4, -0.2) is 10.7 Å². The zero-order chi connectivity index (χ0) is 15.8. The molecule has 0 saturated heterocycles. The van der Waals surface area contributed by atoms with E-state index in [0.717, 1.165) is 29.4 Å². The molecule has 23 heavy (non-hydrogen) atoms. The Morgan fingerprint density at radius 2 is 1.91 bits per heavy atom. The van der Waals surface area contributed by atoms with E-state index in [1.807, 2.05) is 25.4 Å². The van der Waals surface area contributed by atoms with Crippen LogP contribution in [0, 0.1) is 5.82 Å². The standard InChI is InChI=1S/C20H20FNO/c1-22-12-11-15-13-14(9-10-19(15)22)17-7-4-8-18(21)20(17)23-16-5-2-3-6-16/h4,7-13,16H,2-3,5-6H2,1H3. The Kier molecular flexibility index (Phi) is 3.56. The normalized spacial score (nSPS) is 15.4. The van der Waals surface area contributed by atoms with Gasteiger partial charge in [0.2, 0.25) is 0 Å². The van der Waals surface area contributed by atoms with Crippen molar-refractivity contribution in [3.8, 4) is 16.9 Å². The number of hydrogen-bond acceptors (Lipinski definition) is 1. The van der Waals surface area contributed by atoms with Crippen molar-refractivity contribution in [2.75, 3.05) is 0 Å².